The number of hydrogen-bond donors (Lipinski definition) is 1. The molecule has 2 aromatic carbocycles. The van der Waals surface area contributed by atoms with Crippen molar-refractivity contribution in [1.29, 1.82) is 0 Å². The maximum Gasteiger partial charge on any atom is 0.416 e. The third kappa shape index (κ3) is 6.22. The quantitative estimate of drug-likeness (QED) is 0.378. The first kappa shape index (κ1) is 27.2. The Morgan fingerprint density at radius 1 is 0.914 bits per heavy atom. The Hall–Kier alpha value is -2.44. The fourth-order valence-corrected chi connectivity index (χ4v) is 4.59. The molecule has 1 atom stereocenters. The molecule has 1 heterocycles. The van der Waals surface area contributed by atoms with Crippen molar-refractivity contribution in [2.24, 2.45) is 0 Å². The molecule has 192 valence electrons. The van der Waals surface area contributed by atoms with E-state index in [2.05, 4.69) is 21.2 Å². The van der Waals surface area contributed by atoms with Crippen LogP contribution in [0.15, 0.2) is 34.8 Å². The van der Waals surface area contributed by atoms with Crippen molar-refractivity contribution >= 4 is 27.5 Å². The zero-order chi connectivity index (χ0) is 26.3. The third-order valence-corrected chi connectivity index (χ3v) is 6.17. The van der Waals surface area contributed by atoms with E-state index in [9.17, 15) is 44.3 Å². The van der Waals surface area contributed by atoms with Crippen molar-refractivity contribution in [2.75, 3.05) is 11.9 Å². The number of nitrogens with one attached hydrogen (secondary N) is 1. The van der Waals surface area contributed by atoms with Gasteiger partial charge in [-0.25, -0.2) is 0 Å². The van der Waals surface area contributed by atoms with E-state index < -0.39 is 59.3 Å². The summed E-state index contributed by atoms with van der Waals surface area (Å²) in [6, 6.07) is 1.65. The molecule has 3 nitrogen and oxygen atoms in total. The largest absolute Gasteiger partial charge is 0.416 e. The number of carbonyl (C=O) groups excluding carboxylic acids is 1. The molecule has 1 amide bonds. The minimum atomic E-state index is -5.08. The van der Waals surface area contributed by atoms with Gasteiger partial charge in [0.05, 0.1) is 28.4 Å². The van der Waals surface area contributed by atoms with Crippen LogP contribution in [0.5, 0.6) is 0 Å². The van der Waals surface area contributed by atoms with Gasteiger partial charge in [-0.1, -0.05) is 0 Å². The van der Waals surface area contributed by atoms with Crippen LogP contribution in [0.3, 0.4) is 0 Å². The number of fused-ring (bicyclic) bond motifs is 1. The van der Waals surface area contributed by atoms with Crippen LogP contribution in [0.25, 0.3) is 0 Å². The smallest absolute Gasteiger partial charge is 0.384 e. The summed E-state index contributed by atoms with van der Waals surface area (Å²) in [7, 11) is 0. The lowest BCUT2D eigenvalue weighted by atomic mass is 9.96. The topological polar surface area (TPSA) is 32.3 Å². The molecule has 0 bridgehead atoms. The fraction of sp³-hybridized carbons (Fsp3) is 0.409. The zero-order valence-corrected chi connectivity index (χ0v) is 19.5. The van der Waals surface area contributed by atoms with Crippen molar-refractivity contribution in [3.63, 3.8) is 0 Å². The minimum Gasteiger partial charge on any atom is -0.384 e. The average Bonchev–Trinajstić information content (AvgIpc) is 2.92. The van der Waals surface area contributed by atoms with Gasteiger partial charge in [0.2, 0.25) is 5.91 Å². The molecule has 35 heavy (non-hydrogen) atoms. The van der Waals surface area contributed by atoms with E-state index in [0.29, 0.717) is 25.1 Å². The second-order valence-corrected chi connectivity index (χ2v) is 8.92. The number of anilines is 1. The van der Waals surface area contributed by atoms with Crippen LogP contribution in [0.1, 0.15) is 53.6 Å². The van der Waals surface area contributed by atoms with E-state index in [1.54, 1.807) is 0 Å². The molecule has 0 fully saturated rings. The minimum absolute atomic E-state index is 0.0286. The highest BCUT2D eigenvalue weighted by molar-refractivity contribution is 9.10. The predicted octanol–water partition coefficient (Wildman–Crippen LogP) is 7.80. The van der Waals surface area contributed by atoms with Gasteiger partial charge < -0.3 is 10.2 Å². The number of nitrogens with zero attached hydrogens (tertiary/aromatic N) is 1. The van der Waals surface area contributed by atoms with E-state index in [1.165, 1.54) is 0 Å². The molecule has 0 aliphatic carbocycles. The number of hydrogen-bond acceptors (Lipinski definition) is 2. The van der Waals surface area contributed by atoms with Crippen LogP contribution >= 0.6 is 15.9 Å². The normalized spacial score (nSPS) is 16.8. The SMILES string of the molecule is CC(=O)N(Cc1cc(C(F)(F)F)cc(C(F)(F)F)c1)C1CCCNc2c(Br)cc(C(F)(F)F)cc21. The van der Waals surface area contributed by atoms with Crippen molar-refractivity contribution in [3.8, 4) is 0 Å². The Balaban J connectivity index is 2.13. The number of rotatable bonds is 3. The van der Waals surface area contributed by atoms with Gasteiger partial charge in [-0.15, -0.1) is 0 Å². The zero-order valence-electron chi connectivity index (χ0n) is 17.9. The number of alkyl halides is 9. The lowest BCUT2D eigenvalue weighted by Gasteiger charge is -2.32. The second kappa shape index (κ2) is 9.55. The molecule has 0 saturated carbocycles. The van der Waals surface area contributed by atoms with Crippen LogP contribution in [0.4, 0.5) is 45.2 Å². The molecule has 1 unspecified atom stereocenters. The molecule has 1 aliphatic heterocycles. The van der Waals surface area contributed by atoms with Crippen molar-refractivity contribution in [1.82, 2.24) is 4.90 Å². The summed E-state index contributed by atoms with van der Waals surface area (Å²) in [5.74, 6) is -0.720. The van der Waals surface area contributed by atoms with E-state index >= 15 is 0 Å². The maximum absolute atomic E-state index is 13.5. The Morgan fingerprint density at radius 2 is 1.43 bits per heavy atom. The van der Waals surface area contributed by atoms with Crippen LogP contribution in [0.2, 0.25) is 0 Å². The number of benzene rings is 2. The Labute approximate surface area is 202 Å². The van der Waals surface area contributed by atoms with E-state index in [1.807, 2.05) is 0 Å². The fourth-order valence-electron chi connectivity index (χ4n) is 3.98. The van der Waals surface area contributed by atoms with Crippen molar-refractivity contribution in [3.05, 3.63) is 62.6 Å². The number of amides is 1. The van der Waals surface area contributed by atoms with Crippen molar-refractivity contribution in [2.45, 2.75) is 50.9 Å². The van der Waals surface area contributed by atoms with E-state index in [0.717, 1.165) is 24.0 Å². The first-order chi connectivity index (χ1) is 16.0. The highest BCUT2D eigenvalue weighted by Crippen LogP contribution is 2.43. The summed E-state index contributed by atoms with van der Waals surface area (Å²) in [6.45, 7) is 0.722. The van der Waals surface area contributed by atoms with Crippen molar-refractivity contribution < 1.29 is 44.3 Å². The molecular formula is C22H18BrF9N2O. The summed E-state index contributed by atoms with van der Waals surface area (Å²) in [5, 5.41) is 2.97. The van der Waals surface area contributed by atoms with Gasteiger partial charge in [-0.3, -0.25) is 4.79 Å². The van der Waals surface area contributed by atoms with Crippen LogP contribution in [-0.4, -0.2) is 17.4 Å². The van der Waals surface area contributed by atoms with Gasteiger partial charge in [-0.05, 0) is 70.2 Å². The second-order valence-electron chi connectivity index (χ2n) is 8.07. The molecule has 2 aromatic rings. The Kier molecular flexibility index (Phi) is 7.41. The van der Waals surface area contributed by atoms with Gasteiger partial charge in [-0.2, -0.15) is 39.5 Å². The Bertz CT molecular complexity index is 1080. The highest BCUT2D eigenvalue weighted by Gasteiger charge is 2.38. The first-order valence-electron chi connectivity index (χ1n) is 10.2. The highest BCUT2D eigenvalue weighted by atomic mass is 79.9. The summed E-state index contributed by atoms with van der Waals surface area (Å²) >= 11 is 3.09. The molecular weight excluding hydrogens is 559 g/mol. The van der Waals surface area contributed by atoms with Gasteiger partial charge in [0.1, 0.15) is 0 Å². The molecule has 1 N–H and O–H groups in total. The number of halogens is 10. The monoisotopic (exact) mass is 576 g/mol. The summed E-state index contributed by atoms with van der Waals surface area (Å²) in [5.41, 5.74) is -4.23. The van der Waals surface area contributed by atoms with Gasteiger partial charge >= 0.3 is 18.5 Å². The van der Waals surface area contributed by atoms with Gasteiger partial charge in [0.15, 0.2) is 0 Å². The lowest BCUT2D eigenvalue weighted by molar-refractivity contribution is -0.143. The van der Waals surface area contributed by atoms with Gasteiger partial charge in [0, 0.05) is 24.5 Å². The summed E-state index contributed by atoms with van der Waals surface area (Å²) in [4.78, 5) is 13.5. The summed E-state index contributed by atoms with van der Waals surface area (Å²) in [6.07, 6.45) is -14.4. The predicted molar refractivity (Wildman–Crippen MR) is 112 cm³/mol. The molecule has 1 aliphatic rings. The van der Waals surface area contributed by atoms with Crippen LogP contribution in [0, 0.1) is 0 Å². The lowest BCUT2D eigenvalue weighted by Crippen LogP contribution is -2.33. The standard InChI is InChI=1S/C22H18BrF9N2O/c1-11(35)34(10-12-5-13(20(24,25)26)7-14(6-12)21(27,28)29)18-3-2-4-33-19-16(18)8-15(9-17(19)23)22(30,31)32/h5-9,18,33H,2-4,10H2,1H3. The number of carbonyl (C=O) groups is 1. The molecule has 0 radical (unpaired) electrons. The molecule has 0 saturated heterocycles. The first-order valence-corrected chi connectivity index (χ1v) is 11.0. The van der Waals surface area contributed by atoms with Crippen LogP contribution in [-0.2, 0) is 29.9 Å². The van der Waals surface area contributed by atoms with Crippen LogP contribution < -0.4 is 5.32 Å². The van der Waals surface area contributed by atoms with Gasteiger partial charge in [0.25, 0.3) is 0 Å². The third-order valence-electron chi connectivity index (χ3n) is 5.54. The average molecular weight is 577 g/mol. The molecule has 0 aromatic heterocycles. The Morgan fingerprint density at radius 3 is 1.91 bits per heavy atom. The van der Waals surface area contributed by atoms with E-state index in [-0.39, 0.29) is 28.2 Å². The maximum atomic E-state index is 13.5. The molecule has 13 heteroatoms. The molecule has 0 spiro atoms. The molecule has 3 rings (SSSR count). The van der Waals surface area contributed by atoms with E-state index in [4.69, 9.17) is 0 Å². The summed E-state index contributed by atoms with van der Waals surface area (Å²) < 4.78 is 120.